The summed E-state index contributed by atoms with van der Waals surface area (Å²) in [5.41, 5.74) is 8.73. The molecule has 210 valence electrons. The number of hydrogen-bond acceptors (Lipinski definition) is 2. The molecule has 0 aliphatic rings. The van der Waals surface area contributed by atoms with E-state index in [1.54, 1.807) is 0 Å². The van der Waals surface area contributed by atoms with Crippen LogP contribution in [-0.4, -0.2) is 4.57 Å². The first-order chi connectivity index (χ1) is 22.3. The maximum Gasteiger partial charge on any atom is 0.0640 e. The van der Waals surface area contributed by atoms with Crippen LogP contribution in [0.3, 0.4) is 0 Å². The van der Waals surface area contributed by atoms with Crippen molar-refractivity contribution in [1.29, 1.82) is 0 Å². The second-order valence-corrected chi connectivity index (χ2v) is 13.8. The largest absolute Gasteiger partial charge is 0.308 e. The lowest BCUT2D eigenvalue weighted by molar-refractivity contribution is 1.20. The first-order valence-electron chi connectivity index (χ1n) is 15.3. The van der Waals surface area contributed by atoms with Crippen LogP contribution in [0.15, 0.2) is 152 Å². The molecule has 0 N–H and O–H groups in total. The molecule has 0 bridgehead atoms. The van der Waals surface area contributed by atoms with Crippen molar-refractivity contribution in [1.82, 2.24) is 4.57 Å². The van der Waals surface area contributed by atoms with E-state index in [0.717, 1.165) is 0 Å². The number of benzene rings is 7. The topological polar surface area (TPSA) is 4.93 Å². The Morgan fingerprint density at radius 3 is 2.00 bits per heavy atom. The molecule has 0 saturated heterocycles. The number of thiophene rings is 2. The van der Waals surface area contributed by atoms with Crippen molar-refractivity contribution in [2.75, 3.05) is 0 Å². The van der Waals surface area contributed by atoms with Crippen molar-refractivity contribution < 1.29 is 0 Å². The highest BCUT2D eigenvalue weighted by atomic mass is 32.1. The summed E-state index contributed by atoms with van der Waals surface area (Å²) in [7, 11) is 0. The second-order valence-electron chi connectivity index (χ2n) is 11.7. The van der Waals surface area contributed by atoms with E-state index in [9.17, 15) is 0 Å². The highest BCUT2D eigenvalue weighted by Crippen LogP contribution is 2.45. The molecule has 10 aromatic rings. The maximum atomic E-state index is 2.48. The molecule has 3 aromatic heterocycles. The van der Waals surface area contributed by atoms with Gasteiger partial charge in [0, 0.05) is 46.4 Å². The second kappa shape index (κ2) is 9.64. The van der Waals surface area contributed by atoms with Crippen LogP contribution in [-0.2, 0) is 0 Å². The Morgan fingerprint density at radius 1 is 0.378 bits per heavy atom. The summed E-state index contributed by atoms with van der Waals surface area (Å²) >= 11 is 3.79. The van der Waals surface area contributed by atoms with E-state index in [-0.39, 0.29) is 0 Å². The van der Waals surface area contributed by atoms with Crippen molar-refractivity contribution in [2.24, 2.45) is 0 Å². The van der Waals surface area contributed by atoms with Crippen LogP contribution in [0, 0.1) is 0 Å². The van der Waals surface area contributed by atoms with E-state index in [4.69, 9.17) is 0 Å². The molecule has 0 saturated carbocycles. The van der Waals surface area contributed by atoms with Crippen molar-refractivity contribution in [2.45, 2.75) is 0 Å². The van der Waals surface area contributed by atoms with Crippen LogP contribution in [0.25, 0.3) is 90.1 Å². The molecule has 0 atom stereocenters. The van der Waals surface area contributed by atoms with Crippen LogP contribution < -0.4 is 0 Å². The normalized spacial score (nSPS) is 12.0. The SMILES string of the molecule is c1ccc(-c2ccc3c4ccccc4n(-c4cccc5c4sc4cccc(-c6ccc7c(c6)sc6ccccc67)c45)c3c2)cc1. The van der Waals surface area contributed by atoms with Crippen LogP contribution in [0.1, 0.15) is 0 Å². The summed E-state index contributed by atoms with van der Waals surface area (Å²) < 4.78 is 7.80. The molecule has 0 radical (unpaired) electrons. The zero-order valence-electron chi connectivity index (χ0n) is 24.2. The average molecular weight is 608 g/mol. The Balaban J connectivity index is 1.24. The van der Waals surface area contributed by atoms with Crippen LogP contribution in [0.2, 0.25) is 0 Å². The Kier molecular flexibility index (Phi) is 5.39. The highest BCUT2D eigenvalue weighted by molar-refractivity contribution is 7.26. The lowest BCUT2D eigenvalue weighted by Crippen LogP contribution is -1.94. The van der Waals surface area contributed by atoms with Crippen molar-refractivity contribution in [3.63, 3.8) is 0 Å². The molecule has 0 spiro atoms. The van der Waals surface area contributed by atoms with Gasteiger partial charge in [0.05, 0.1) is 21.4 Å². The molecule has 0 amide bonds. The first kappa shape index (κ1) is 25.1. The minimum absolute atomic E-state index is 1.23. The van der Waals surface area contributed by atoms with Gasteiger partial charge in [0.15, 0.2) is 0 Å². The molecule has 0 fully saturated rings. The Bertz CT molecular complexity index is 2760. The van der Waals surface area contributed by atoms with Gasteiger partial charge in [-0.1, -0.05) is 115 Å². The average Bonchev–Trinajstić information content (AvgIpc) is 3.77. The maximum absolute atomic E-state index is 2.48. The molecule has 3 heterocycles. The Labute approximate surface area is 267 Å². The zero-order chi connectivity index (χ0) is 29.5. The van der Waals surface area contributed by atoms with E-state index in [1.807, 2.05) is 22.7 Å². The van der Waals surface area contributed by atoms with Gasteiger partial charge < -0.3 is 4.57 Å². The van der Waals surface area contributed by atoms with Gasteiger partial charge in [-0.15, -0.1) is 22.7 Å². The molecular weight excluding hydrogens is 583 g/mol. The number of rotatable bonds is 3. The van der Waals surface area contributed by atoms with E-state index >= 15 is 0 Å². The van der Waals surface area contributed by atoms with Crippen LogP contribution in [0.4, 0.5) is 0 Å². The lowest BCUT2D eigenvalue weighted by Gasteiger charge is -2.11. The van der Waals surface area contributed by atoms with Crippen LogP contribution in [0.5, 0.6) is 0 Å². The van der Waals surface area contributed by atoms with Crippen molar-refractivity contribution in [3.8, 4) is 27.9 Å². The monoisotopic (exact) mass is 607 g/mol. The molecule has 3 heteroatoms. The van der Waals surface area contributed by atoms with E-state index in [2.05, 4.69) is 156 Å². The highest BCUT2D eigenvalue weighted by Gasteiger charge is 2.19. The van der Waals surface area contributed by atoms with E-state index in [1.165, 1.54) is 90.1 Å². The minimum Gasteiger partial charge on any atom is -0.308 e. The van der Waals surface area contributed by atoms with Gasteiger partial charge in [-0.05, 0) is 58.7 Å². The third kappa shape index (κ3) is 3.72. The number of aromatic nitrogens is 1. The predicted molar refractivity (Wildman–Crippen MR) is 197 cm³/mol. The molecule has 45 heavy (non-hydrogen) atoms. The third-order valence-corrected chi connectivity index (χ3v) is 11.5. The summed E-state index contributed by atoms with van der Waals surface area (Å²) in [6.45, 7) is 0. The smallest absolute Gasteiger partial charge is 0.0640 e. The van der Waals surface area contributed by atoms with Gasteiger partial charge in [-0.3, -0.25) is 0 Å². The van der Waals surface area contributed by atoms with Gasteiger partial charge in [-0.2, -0.15) is 0 Å². The predicted octanol–water partition coefficient (Wildman–Crippen LogP) is 12.9. The fraction of sp³-hybridized carbons (Fsp3) is 0. The van der Waals surface area contributed by atoms with Gasteiger partial charge in [0.1, 0.15) is 0 Å². The molecule has 7 aromatic carbocycles. The quantitative estimate of drug-likeness (QED) is 0.188. The van der Waals surface area contributed by atoms with E-state index in [0.29, 0.717) is 0 Å². The number of para-hydroxylation sites is 1. The summed E-state index contributed by atoms with van der Waals surface area (Å²) in [5, 5.41) is 7.89. The Morgan fingerprint density at radius 2 is 1.07 bits per heavy atom. The fourth-order valence-corrected chi connectivity index (χ4v) is 9.56. The summed E-state index contributed by atoms with van der Waals surface area (Å²) in [6, 6.07) is 55.8. The van der Waals surface area contributed by atoms with Crippen molar-refractivity contribution in [3.05, 3.63) is 152 Å². The minimum atomic E-state index is 1.23. The fourth-order valence-electron chi connectivity index (χ4n) is 7.18. The standard InChI is InChI=1S/C42H25NS2/c1-2-10-26(11-3-1)27-20-22-31-30-12-4-6-16-35(30)43(37(31)24-27)36-17-8-15-34-41-29(14-9-19-39(41)45-42(34)36)28-21-23-33-32-13-5-7-18-38(32)44-40(33)25-28/h1-25H. The van der Waals surface area contributed by atoms with Gasteiger partial charge in [-0.25, -0.2) is 0 Å². The molecule has 0 unspecified atom stereocenters. The van der Waals surface area contributed by atoms with Gasteiger partial charge in [0.25, 0.3) is 0 Å². The lowest BCUT2D eigenvalue weighted by atomic mass is 9.98. The molecule has 1 nitrogen and oxygen atoms in total. The van der Waals surface area contributed by atoms with E-state index < -0.39 is 0 Å². The third-order valence-electron chi connectivity index (χ3n) is 9.21. The van der Waals surface area contributed by atoms with Crippen molar-refractivity contribution >= 4 is 84.8 Å². The van der Waals surface area contributed by atoms with Crippen LogP contribution >= 0.6 is 22.7 Å². The zero-order valence-corrected chi connectivity index (χ0v) is 25.8. The summed E-state index contributed by atoms with van der Waals surface area (Å²) in [4.78, 5) is 0. The number of fused-ring (bicyclic) bond motifs is 9. The first-order valence-corrected chi connectivity index (χ1v) is 16.9. The van der Waals surface area contributed by atoms with Gasteiger partial charge >= 0.3 is 0 Å². The molecule has 10 rings (SSSR count). The summed E-state index contributed by atoms with van der Waals surface area (Å²) in [6.07, 6.45) is 0. The van der Waals surface area contributed by atoms with Gasteiger partial charge in [0.2, 0.25) is 0 Å². The molecular formula is C42H25NS2. The molecule has 0 aliphatic carbocycles. The number of hydrogen-bond donors (Lipinski definition) is 0. The molecule has 0 aliphatic heterocycles. The number of nitrogens with zero attached hydrogens (tertiary/aromatic N) is 1. The summed E-state index contributed by atoms with van der Waals surface area (Å²) in [5.74, 6) is 0. The Hall–Kier alpha value is -5.22.